The molecule has 2 rings (SSSR count). The number of nitrogens with one attached hydrogen (secondary N) is 1. The van der Waals surface area contributed by atoms with Crippen LogP contribution in [-0.2, 0) is 21.2 Å². The fourth-order valence-electron chi connectivity index (χ4n) is 3.00. The van der Waals surface area contributed by atoms with Crippen LogP contribution < -0.4 is 9.62 Å². The lowest BCUT2D eigenvalue weighted by Crippen LogP contribution is -2.41. The molecule has 0 aliphatic rings. The Hall–Kier alpha value is -2.94. The maximum atomic E-state index is 12.6. The first kappa shape index (κ1) is 22.4. The lowest BCUT2D eigenvalue weighted by atomic mass is 10.1. The lowest BCUT2D eigenvalue weighted by molar-refractivity contribution is -0.385. The molecule has 0 heterocycles. The zero-order chi connectivity index (χ0) is 21.8. The smallest absolute Gasteiger partial charge is 0.274 e. The number of benzene rings is 2. The minimum absolute atomic E-state index is 0.108. The SMILES string of the molecule is CCc1ccc([C@H](C)NC(=O)CN(c2cccc([N+](=O)[O-])c2C)S(C)(=O)=O)cc1. The summed E-state index contributed by atoms with van der Waals surface area (Å²) in [4.78, 5) is 23.2. The van der Waals surface area contributed by atoms with E-state index in [1.165, 1.54) is 30.7 Å². The topological polar surface area (TPSA) is 110 Å². The molecule has 1 N–H and O–H groups in total. The minimum Gasteiger partial charge on any atom is -0.348 e. The van der Waals surface area contributed by atoms with Gasteiger partial charge in [0.25, 0.3) is 5.69 Å². The van der Waals surface area contributed by atoms with Crippen LogP contribution in [0.3, 0.4) is 0 Å². The van der Waals surface area contributed by atoms with E-state index in [-0.39, 0.29) is 23.0 Å². The molecule has 9 heteroatoms. The molecular weight excluding hydrogens is 394 g/mol. The number of nitro benzene ring substituents is 1. The van der Waals surface area contributed by atoms with Crippen LogP contribution in [0.1, 0.15) is 36.6 Å². The van der Waals surface area contributed by atoms with E-state index in [1.54, 1.807) is 0 Å². The maximum absolute atomic E-state index is 12.6. The molecule has 0 saturated heterocycles. The molecule has 0 fully saturated rings. The summed E-state index contributed by atoms with van der Waals surface area (Å²) in [5.74, 6) is -0.506. The quantitative estimate of drug-likeness (QED) is 0.522. The standard InChI is InChI=1S/C20H25N3O5S/c1-5-16-9-11-17(12-10-16)15(3)21-20(24)13-22(29(4,27)28)18-7-6-8-19(14(18)2)23(25)26/h6-12,15H,5,13H2,1-4H3,(H,21,24)/t15-/m0/s1. The molecule has 0 unspecified atom stereocenters. The third kappa shape index (κ3) is 5.54. The van der Waals surface area contributed by atoms with Gasteiger partial charge in [-0.15, -0.1) is 0 Å². The van der Waals surface area contributed by atoms with Crippen molar-refractivity contribution in [2.75, 3.05) is 17.1 Å². The van der Waals surface area contributed by atoms with Crippen molar-refractivity contribution >= 4 is 27.3 Å². The largest absolute Gasteiger partial charge is 0.348 e. The fraction of sp³-hybridized carbons (Fsp3) is 0.350. The second-order valence-electron chi connectivity index (χ2n) is 6.83. The van der Waals surface area contributed by atoms with Gasteiger partial charge >= 0.3 is 0 Å². The number of sulfonamides is 1. The second kappa shape index (κ2) is 9.04. The Morgan fingerprint density at radius 1 is 1.21 bits per heavy atom. The number of aryl methyl sites for hydroxylation is 1. The van der Waals surface area contributed by atoms with Crippen LogP contribution in [0, 0.1) is 17.0 Å². The highest BCUT2D eigenvalue weighted by Crippen LogP contribution is 2.29. The molecule has 8 nitrogen and oxygen atoms in total. The van der Waals surface area contributed by atoms with E-state index in [1.807, 2.05) is 31.2 Å². The van der Waals surface area contributed by atoms with Crippen LogP contribution in [0.4, 0.5) is 11.4 Å². The fourth-order valence-corrected chi connectivity index (χ4v) is 3.91. The molecule has 2 aromatic rings. The van der Waals surface area contributed by atoms with Gasteiger partial charge in [0.1, 0.15) is 6.54 Å². The molecule has 0 bridgehead atoms. The molecule has 0 aromatic heterocycles. The summed E-state index contributed by atoms with van der Waals surface area (Å²) in [6, 6.07) is 11.6. The number of carbonyl (C=O) groups is 1. The molecular formula is C20H25N3O5S. The molecule has 2 aromatic carbocycles. The summed E-state index contributed by atoms with van der Waals surface area (Å²) in [6.45, 7) is 4.85. The lowest BCUT2D eigenvalue weighted by Gasteiger charge is -2.24. The van der Waals surface area contributed by atoms with Crippen molar-refractivity contribution in [1.82, 2.24) is 5.32 Å². The summed E-state index contributed by atoms with van der Waals surface area (Å²) in [5.41, 5.74) is 2.15. The van der Waals surface area contributed by atoms with Gasteiger partial charge in [-0.05, 0) is 37.5 Å². The minimum atomic E-state index is -3.84. The normalized spacial score (nSPS) is 12.3. The van der Waals surface area contributed by atoms with E-state index >= 15 is 0 Å². The van der Waals surface area contributed by atoms with Gasteiger partial charge in [-0.1, -0.05) is 37.3 Å². The van der Waals surface area contributed by atoms with E-state index in [2.05, 4.69) is 12.2 Å². The number of hydrogen-bond donors (Lipinski definition) is 1. The molecule has 0 aliphatic heterocycles. The van der Waals surface area contributed by atoms with Crippen LogP contribution in [0.2, 0.25) is 0 Å². The summed E-state index contributed by atoms with van der Waals surface area (Å²) < 4.78 is 25.5. The van der Waals surface area contributed by atoms with Gasteiger partial charge in [0, 0.05) is 6.07 Å². The summed E-state index contributed by atoms with van der Waals surface area (Å²) in [6.07, 6.45) is 1.87. The first-order chi connectivity index (χ1) is 13.5. The zero-order valence-corrected chi connectivity index (χ0v) is 17.7. The Morgan fingerprint density at radius 3 is 2.34 bits per heavy atom. The molecule has 156 valence electrons. The third-order valence-electron chi connectivity index (χ3n) is 4.70. The second-order valence-corrected chi connectivity index (χ2v) is 8.74. The van der Waals surface area contributed by atoms with Crippen LogP contribution in [0.25, 0.3) is 0 Å². The molecule has 29 heavy (non-hydrogen) atoms. The molecule has 0 radical (unpaired) electrons. The van der Waals surface area contributed by atoms with Crippen molar-refractivity contribution in [3.8, 4) is 0 Å². The number of amides is 1. The summed E-state index contributed by atoms with van der Waals surface area (Å²) in [5, 5.41) is 14.0. The Kier molecular flexibility index (Phi) is 6.97. The summed E-state index contributed by atoms with van der Waals surface area (Å²) >= 11 is 0. The number of carbonyl (C=O) groups excluding carboxylic acids is 1. The van der Waals surface area contributed by atoms with Gasteiger partial charge in [-0.25, -0.2) is 8.42 Å². The van der Waals surface area contributed by atoms with E-state index in [0.717, 1.165) is 22.5 Å². The Bertz CT molecular complexity index is 1000. The first-order valence-electron chi connectivity index (χ1n) is 9.14. The van der Waals surface area contributed by atoms with Gasteiger partial charge in [-0.3, -0.25) is 19.2 Å². The monoisotopic (exact) mass is 419 g/mol. The number of nitro groups is 1. The van der Waals surface area contributed by atoms with Crippen LogP contribution in [0.5, 0.6) is 0 Å². The Labute approximate surface area is 170 Å². The van der Waals surface area contributed by atoms with Crippen LogP contribution in [-0.4, -0.2) is 32.0 Å². The third-order valence-corrected chi connectivity index (χ3v) is 5.82. The number of hydrogen-bond acceptors (Lipinski definition) is 5. The van der Waals surface area contributed by atoms with E-state index in [9.17, 15) is 23.3 Å². The average molecular weight is 420 g/mol. The maximum Gasteiger partial charge on any atom is 0.274 e. The Morgan fingerprint density at radius 2 is 1.83 bits per heavy atom. The van der Waals surface area contributed by atoms with Gasteiger partial charge in [0.15, 0.2) is 0 Å². The van der Waals surface area contributed by atoms with E-state index < -0.39 is 27.4 Å². The van der Waals surface area contributed by atoms with E-state index in [0.29, 0.717) is 0 Å². The number of anilines is 1. The van der Waals surface area contributed by atoms with Crippen molar-refractivity contribution in [1.29, 1.82) is 0 Å². The molecule has 1 atom stereocenters. The van der Waals surface area contributed by atoms with Crippen molar-refractivity contribution in [2.24, 2.45) is 0 Å². The molecule has 1 amide bonds. The zero-order valence-electron chi connectivity index (χ0n) is 16.9. The van der Waals surface area contributed by atoms with E-state index in [4.69, 9.17) is 0 Å². The highest BCUT2D eigenvalue weighted by Gasteiger charge is 2.26. The molecule has 0 spiro atoms. The summed E-state index contributed by atoms with van der Waals surface area (Å²) in [7, 11) is -3.84. The predicted molar refractivity (Wildman–Crippen MR) is 112 cm³/mol. The van der Waals surface area contributed by atoms with Gasteiger partial charge < -0.3 is 5.32 Å². The van der Waals surface area contributed by atoms with Gasteiger partial charge in [0.05, 0.1) is 28.5 Å². The highest BCUT2D eigenvalue weighted by molar-refractivity contribution is 7.92. The predicted octanol–water partition coefficient (Wildman–Crippen LogP) is 3.11. The van der Waals surface area contributed by atoms with Gasteiger partial charge in [0.2, 0.25) is 15.9 Å². The molecule has 0 aliphatic carbocycles. The van der Waals surface area contributed by atoms with Crippen molar-refractivity contribution in [2.45, 2.75) is 33.2 Å². The van der Waals surface area contributed by atoms with Crippen molar-refractivity contribution in [3.63, 3.8) is 0 Å². The first-order valence-corrected chi connectivity index (χ1v) is 11.0. The van der Waals surface area contributed by atoms with Gasteiger partial charge in [-0.2, -0.15) is 0 Å². The van der Waals surface area contributed by atoms with Crippen LogP contribution in [0.15, 0.2) is 42.5 Å². The number of rotatable bonds is 8. The molecule has 0 saturated carbocycles. The Balaban J connectivity index is 2.24. The van der Waals surface area contributed by atoms with Crippen molar-refractivity contribution < 1.29 is 18.1 Å². The number of nitrogens with zero attached hydrogens (tertiary/aromatic N) is 2. The highest BCUT2D eigenvalue weighted by atomic mass is 32.2. The van der Waals surface area contributed by atoms with Crippen LogP contribution >= 0.6 is 0 Å². The van der Waals surface area contributed by atoms with Crippen molar-refractivity contribution in [3.05, 3.63) is 69.3 Å². The average Bonchev–Trinajstić information content (AvgIpc) is 2.65.